The van der Waals surface area contributed by atoms with Gasteiger partial charge >= 0.3 is 0 Å². The van der Waals surface area contributed by atoms with Crippen LogP contribution in [0.1, 0.15) is 31.2 Å². The molecule has 1 fully saturated rings. The first kappa shape index (κ1) is 16.6. The van der Waals surface area contributed by atoms with Crippen LogP contribution in [0.15, 0.2) is 16.6 Å². The number of nitrogens with zero attached hydrogens (tertiary/aromatic N) is 1. The van der Waals surface area contributed by atoms with Crippen molar-refractivity contribution in [1.82, 2.24) is 4.90 Å². The van der Waals surface area contributed by atoms with Gasteiger partial charge in [0.15, 0.2) is 11.5 Å². The minimum atomic E-state index is 0.601. The van der Waals surface area contributed by atoms with E-state index in [0.717, 1.165) is 42.0 Å². The van der Waals surface area contributed by atoms with E-state index in [1.54, 1.807) is 14.2 Å². The third kappa shape index (κ3) is 4.11. The zero-order chi connectivity index (χ0) is 15.2. The largest absolute Gasteiger partial charge is 0.493 e. The number of hydrogen-bond donors (Lipinski definition) is 1. The van der Waals surface area contributed by atoms with Crippen molar-refractivity contribution < 1.29 is 9.47 Å². The fourth-order valence-electron chi connectivity index (χ4n) is 3.02. The van der Waals surface area contributed by atoms with E-state index < -0.39 is 0 Å². The molecule has 5 heteroatoms. The first-order valence-corrected chi connectivity index (χ1v) is 8.33. The van der Waals surface area contributed by atoms with E-state index in [2.05, 4.69) is 26.9 Å². The normalized spacial score (nSPS) is 19.5. The monoisotopic (exact) mass is 356 g/mol. The summed E-state index contributed by atoms with van der Waals surface area (Å²) in [6, 6.07) is 4.65. The number of methoxy groups -OCH3 is 2. The van der Waals surface area contributed by atoms with Gasteiger partial charge in [-0.05, 0) is 50.0 Å². The fraction of sp³-hybridized carbons (Fsp3) is 0.625. The summed E-state index contributed by atoms with van der Waals surface area (Å²) in [5.41, 5.74) is 6.99. The summed E-state index contributed by atoms with van der Waals surface area (Å²) >= 11 is 3.65. The Bertz CT molecular complexity index is 466. The Morgan fingerprint density at radius 1 is 1.24 bits per heavy atom. The van der Waals surface area contributed by atoms with E-state index in [4.69, 9.17) is 15.2 Å². The highest BCUT2D eigenvalue weighted by molar-refractivity contribution is 9.10. The number of rotatable bonds is 6. The van der Waals surface area contributed by atoms with Crippen LogP contribution in [0, 0.1) is 0 Å². The summed E-state index contributed by atoms with van der Waals surface area (Å²) in [5.74, 6) is 1.54. The number of benzene rings is 1. The Morgan fingerprint density at radius 3 is 2.62 bits per heavy atom. The van der Waals surface area contributed by atoms with E-state index >= 15 is 0 Å². The number of halogens is 1. The first-order chi connectivity index (χ1) is 10.2. The SMILES string of the molecule is COc1cc(Br)c(CN2CCCCC2CCN)cc1OC. The lowest BCUT2D eigenvalue weighted by molar-refractivity contribution is 0.133. The number of hydrogen-bond acceptors (Lipinski definition) is 4. The molecule has 0 aliphatic carbocycles. The summed E-state index contributed by atoms with van der Waals surface area (Å²) in [4.78, 5) is 2.54. The van der Waals surface area contributed by atoms with Gasteiger partial charge in [-0.1, -0.05) is 22.4 Å². The van der Waals surface area contributed by atoms with Crippen molar-refractivity contribution in [3.05, 3.63) is 22.2 Å². The molecule has 0 aromatic heterocycles. The summed E-state index contributed by atoms with van der Waals surface area (Å²) in [6.07, 6.45) is 4.91. The molecule has 0 spiro atoms. The van der Waals surface area contributed by atoms with Gasteiger partial charge in [-0.25, -0.2) is 0 Å². The van der Waals surface area contributed by atoms with Gasteiger partial charge in [-0.3, -0.25) is 4.90 Å². The van der Waals surface area contributed by atoms with Gasteiger partial charge in [0, 0.05) is 17.1 Å². The standard InChI is InChI=1S/C16H25BrN2O2/c1-20-15-9-12(14(17)10-16(15)21-2)11-19-8-4-3-5-13(19)6-7-18/h9-10,13H,3-8,11,18H2,1-2H3. The second-order valence-corrected chi connectivity index (χ2v) is 6.35. The molecular weight excluding hydrogens is 332 g/mol. The van der Waals surface area contributed by atoms with Crippen LogP contribution in [-0.2, 0) is 6.54 Å². The van der Waals surface area contributed by atoms with Gasteiger partial charge in [0.25, 0.3) is 0 Å². The average molecular weight is 357 g/mol. The zero-order valence-electron chi connectivity index (χ0n) is 12.9. The second kappa shape index (κ2) is 8.01. The van der Waals surface area contributed by atoms with Crippen molar-refractivity contribution in [3.63, 3.8) is 0 Å². The number of ether oxygens (including phenoxy) is 2. The molecule has 4 nitrogen and oxygen atoms in total. The van der Waals surface area contributed by atoms with Crippen LogP contribution in [0.25, 0.3) is 0 Å². The number of piperidine rings is 1. The molecule has 1 aromatic rings. The lowest BCUT2D eigenvalue weighted by Gasteiger charge is -2.36. The molecule has 0 saturated carbocycles. The Hall–Kier alpha value is -0.780. The highest BCUT2D eigenvalue weighted by Crippen LogP contribution is 2.34. The highest BCUT2D eigenvalue weighted by Gasteiger charge is 2.23. The predicted octanol–water partition coefficient (Wildman–Crippen LogP) is 3.17. The molecule has 1 saturated heterocycles. The van der Waals surface area contributed by atoms with Crippen molar-refractivity contribution in [2.24, 2.45) is 5.73 Å². The van der Waals surface area contributed by atoms with E-state index in [1.165, 1.54) is 24.8 Å². The van der Waals surface area contributed by atoms with Crippen molar-refractivity contribution in [1.29, 1.82) is 0 Å². The first-order valence-electron chi connectivity index (χ1n) is 7.54. The summed E-state index contributed by atoms with van der Waals surface area (Å²) in [6.45, 7) is 2.82. The van der Waals surface area contributed by atoms with Gasteiger partial charge in [-0.2, -0.15) is 0 Å². The van der Waals surface area contributed by atoms with E-state index in [9.17, 15) is 0 Å². The quantitative estimate of drug-likeness (QED) is 0.850. The van der Waals surface area contributed by atoms with Crippen LogP contribution in [0.5, 0.6) is 11.5 Å². The van der Waals surface area contributed by atoms with Gasteiger partial charge < -0.3 is 15.2 Å². The molecular formula is C16H25BrN2O2. The molecule has 0 amide bonds. The zero-order valence-corrected chi connectivity index (χ0v) is 14.5. The predicted molar refractivity (Wildman–Crippen MR) is 89.0 cm³/mol. The molecule has 1 atom stereocenters. The van der Waals surface area contributed by atoms with Gasteiger partial charge in [0.05, 0.1) is 14.2 Å². The van der Waals surface area contributed by atoms with Gasteiger partial charge in [0.2, 0.25) is 0 Å². The molecule has 0 radical (unpaired) electrons. The molecule has 21 heavy (non-hydrogen) atoms. The smallest absolute Gasteiger partial charge is 0.161 e. The third-order valence-corrected chi connectivity index (χ3v) is 4.91. The summed E-state index contributed by atoms with van der Waals surface area (Å²) in [7, 11) is 3.33. The highest BCUT2D eigenvalue weighted by atomic mass is 79.9. The van der Waals surface area contributed by atoms with Crippen molar-refractivity contribution in [2.75, 3.05) is 27.3 Å². The van der Waals surface area contributed by atoms with Crippen LogP contribution < -0.4 is 15.2 Å². The third-order valence-electron chi connectivity index (χ3n) is 4.17. The Balaban J connectivity index is 2.17. The van der Waals surface area contributed by atoms with Crippen LogP contribution in [-0.4, -0.2) is 38.3 Å². The molecule has 1 unspecified atom stereocenters. The van der Waals surface area contributed by atoms with E-state index in [1.807, 2.05) is 6.07 Å². The van der Waals surface area contributed by atoms with Crippen LogP contribution >= 0.6 is 15.9 Å². The molecule has 118 valence electrons. The van der Waals surface area contributed by atoms with Crippen LogP contribution in [0.2, 0.25) is 0 Å². The second-order valence-electron chi connectivity index (χ2n) is 5.50. The van der Waals surface area contributed by atoms with E-state index in [0.29, 0.717) is 6.04 Å². The minimum Gasteiger partial charge on any atom is -0.493 e. The molecule has 1 aliphatic heterocycles. The maximum atomic E-state index is 5.76. The van der Waals surface area contributed by atoms with Gasteiger partial charge in [0.1, 0.15) is 0 Å². The maximum Gasteiger partial charge on any atom is 0.161 e. The van der Waals surface area contributed by atoms with Crippen molar-refractivity contribution in [3.8, 4) is 11.5 Å². The molecule has 0 bridgehead atoms. The van der Waals surface area contributed by atoms with E-state index in [-0.39, 0.29) is 0 Å². The number of nitrogens with two attached hydrogens (primary N) is 1. The van der Waals surface area contributed by atoms with Crippen LogP contribution in [0.4, 0.5) is 0 Å². The molecule has 2 rings (SSSR count). The maximum absolute atomic E-state index is 5.76. The molecule has 1 aromatic carbocycles. The minimum absolute atomic E-state index is 0.601. The fourth-order valence-corrected chi connectivity index (χ4v) is 3.47. The summed E-state index contributed by atoms with van der Waals surface area (Å²) < 4.78 is 11.8. The summed E-state index contributed by atoms with van der Waals surface area (Å²) in [5, 5.41) is 0. The lowest BCUT2D eigenvalue weighted by atomic mass is 9.98. The van der Waals surface area contributed by atoms with Crippen molar-refractivity contribution >= 4 is 15.9 Å². The van der Waals surface area contributed by atoms with Crippen LogP contribution in [0.3, 0.4) is 0 Å². The Labute approximate surface area is 135 Å². The number of likely N-dealkylation sites (tertiary alicyclic amines) is 1. The lowest BCUT2D eigenvalue weighted by Crippen LogP contribution is -2.40. The molecule has 1 heterocycles. The Morgan fingerprint density at radius 2 is 1.95 bits per heavy atom. The molecule has 2 N–H and O–H groups in total. The molecule has 1 aliphatic rings. The van der Waals surface area contributed by atoms with Crippen molar-refractivity contribution in [2.45, 2.75) is 38.3 Å². The Kier molecular flexibility index (Phi) is 6.33. The van der Waals surface area contributed by atoms with Gasteiger partial charge in [-0.15, -0.1) is 0 Å². The average Bonchev–Trinajstić information content (AvgIpc) is 2.51. The topological polar surface area (TPSA) is 47.7 Å².